The summed E-state index contributed by atoms with van der Waals surface area (Å²) in [6, 6.07) is 5.71. The van der Waals surface area contributed by atoms with Crippen LogP contribution >= 0.6 is 22.9 Å². The molecule has 0 bridgehead atoms. The first-order valence-electron chi connectivity index (χ1n) is 9.27. The molecule has 1 unspecified atom stereocenters. The number of thiophene rings is 1. The Morgan fingerprint density at radius 2 is 2.00 bits per heavy atom. The molecule has 160 valence electrons. The number of cyclic esters (lactones) is 1. The zero-order valence-electron chi connectivity index (χ0n) is 16.3. The number of carboxylic acid groups (broad SMARTS) is 1. The number of halogens is 1. The van der Waals surface area contributed by atoms with Gasteiger partial charge in [-0.15, -0.1) is 11.3 Å². The summed E-state index contributed by atoms with van der Waals surface area (Å²) in [6.07, 6.45) is 0.628. The average molecular weight is 463 g/mol. The van der Waals surface area contributed by atoms with Crippen LogP contribution < -0.4 is 4.90 Å². The average Bonchev–Trinajstić information content (AvgIpc) is 3.31. The number of nitrogens with zero attached hydrogens (tertiary/aromatic N) is 3. The number of imide groups is 1. The van der Waals surface area contributed by atoms with Crippen molar-refractivity contribution in [2.75, 3.05) is 18.1 Å². The van der Waals surface area contributed by atoms with Gasteiger partial charge in [-0.25, -0.2) is 9.59 Å². The van der Waals surface area contributed by atoms with E-state index >= 15 is 0 Å². The fourth-order valence-electron chi connectivity index (χ4n) is 3.33. The van der Waals surface area contributed by atoms with Crippen LogP contribution in [0.15, 0.2) is 29.6 Å². The van der Waals surface area contributed by atoms with E-state index in [0.29, 0.717) is 34.4 Å². The summed E-state index contributed by atoms with van der Waals surface area (Å²) < 4.78 is 6.04. The van der Waals surface area contributed by atoms with Gasteiger partial charge < -0.3 is 9.84 Å². The number of carbonyl (C=O) groups is 4. The number of urea groups is 1. The lowest BCUT2D eigenvalue weighted by molar-refractivity contribution is -0.344. The Hall–Kier alpha value is -3.24. The van der Waals surface area contributed by atoms with E-state index in [1.54, 1.807) is 36.6 Å². The first kappa shape index (κ1) is 21.0. The maximum absolute atomic E-state index is 13.1. The zero-order chi connectivity index (χ0) is 22.3. The number of amides is 4. The van der Waals surface area contributed by atoms with Crippen LogP contribution in [-0.4, -0.2) is 57.9 Å². The van der Waals surface area contributed by atoms with Gasteiger partial charge in [-0.3, -0.25) is 9.69 Å². The zero-order valence-corrected chi connectivity index (χ0v) is 17.9. The third kappa shape index (κ3) is 3.79. The highest BCUT2D eigenvalue weighted by Gasteiger charge is 2.47. The van der Waals surface area contributed by atoms with Crippen LogP contribution in [-0.2, 0) is 20.9 Å². The summed E-state index contributed by atoms with van der Waals surface area (Å²) in [5.74, 6) is -3.71. The molecule has 0 spiro atoms. The highest BCUT2D eigenvalue weighted by molar-refractivity contribution is 7.10. The molecular weight excluding hydrogens is 446 g/mol. The van der Waals surface area contributed by atoms with Gasteiger partial charge in [0.15, 0.2) is 0 Å². The minimum absolute atomic E-state index is 0.124. The van der Waals surface area contributed by atoms with Gasteiger partial charge in [0.1, 0.15) is 25.1 Å². The predicted molar refractivity (Wildman–Crippen MR) is 112 cm³/mol. The van der Waals surface area contributed by atoms with Crippen molar-refractivity contribution in [2.45, 2.75) is 13.5 Å². The fourth-order valence-corrected chi connectivity index (χ4v) is 4.55. The van der Waals surface area contributed by atoms with E-state index in [2.05, 4.69) is 0 Å². The van der Waals surface area contributed by atoms with E-state index in [9.17, 15) is 24.3 Å². The maximum atomic E-state index is 13.1. The molecule has 3 heterocycles. The van der Waals surface area contributed by atoms with Crippen molar-refractivity contribution >= 4 is 64.5 Å². The highest BCUT2D eigenvalue weighted by Crippen LogP contribution is 2.30. The van der Waals surface area contributed by atoms with Crippen LogP contribution in [0.5, 0.6) is 0 Å². The van der Waals surface area contributed by atoms with E-state index in [1.807, 2.05) is 0 Å². The topological polar surface area (TPSA) is 107 Å². The van der Waals surface area contributed by atoms with Gasteiger partial charge in [0.05, 0.1) is 16.4 Å². The van der Waals surface area contributed by atoms with Crippen molar-refractivity contribution < 1.29 is 33.6 Å². The minimum Gasteiger partial charge on any atom is -0.480 e. The van der Waals surface area contributed by atoms with Gasteiger partial charge in [-0.05, 0) is 42.1 Å². The van der Waals surface area contributed by atoms with Crippen molar-refractivity contribution in [3.05, 3.63) is 45.1 Å². The van der Waals surface area contributed by atoms with Gasteiger partial charge in [0.25, 0.3) is 0 Å². The first-order valence-corrected chi connectivity index (χ1v) is 10.5. The number of hydrogen-bond donors (Lipinski definition) is 1. The van der Waals surface area contributed by atoms with Crippen LogP contribution in [0.3, 0.4) is 0 Å². The molecule has 0 aliphatic carbocycles. The second-order valence-corrected chi connectivity index (χ2v) is 8.32. The summed E-state index contributed by atoms with van der Waals surface area (Å²) >= 11 is 7.54. The number of carboxylic acids is 1. The van der Waals surface area contributed by atoms with Crippen molar-refractivity contribution in [3.8, 4) is 0 Å². The Kier molecular flexibility index (Phi) is 5.50. The third-order valence-corrected chi connectivity index (χ3v) is 6.73. The Morgan fingerprint density at radius 3 is 2.55 bits per heavy atom. The monoisotopic (exact) mass is 462 g/mol. The van der Waals surface area contributed by atoms with Crippen LogP contribution in [0.1, 0.15) is 10.4 Å². The first-order chi connectivity index (χ1) is 14.8. The maximum Gasteiger partial charge on any atom is 0.505 e. The van der Waals surface area contributed by atoms with E-state index in [4.69, 9.17) is 16.3 Å². The Bertz CT molecular complexity index is 1130. The molecule has 31 heavy (non-hydrogen) atoms. The number of aryl methyl sites for hydroxylation is 1. The molecule has 4 amide bonds. The summed E-state index contributed by atoms with van der Waals surface area (Å²) in [6.45, 7) is 2.39. The van der Waals surface area contributed by atoms with Crippen LogP contribution in [0.4, 0.5) is 21.0 Å². The highest BCUT2D eigenvalue weighted by atomic mass is 35.5. The lowest BCUT2D eigenvalue weighted by atomic mass is 10.1. The number of anilines is 1. The van der Waals surface area contributed by atoms with Crippen molar-refractivity contribution in [1.82, 2.24) is 4.90 Å². The van der Waals surface area contributed by atoms with Crippen molar-refractivity contribution in [1.29, 1.82) is 0 Å². The van der Waals surface area contributed by atoms with Gasteiger partial charge in [-0.2, -0.15) is 14.3 Å². The lowest BCUT2D eigenvalue weighted by Gasteiger charge is -2.21. The molecule has 2 aromatic rings. The smallest absolute Gasteiger partial charge is 0.480 e. The summed E-state index contributed by atoms with van der Waals surface area (Å²) in [5, 5.41) is 11.8. The van der Waals surface area contributed by atoms with Crippen molar-refractivity contribution in [2.24, 2.45) is 5.92 Å². The Morgan fingerprint density at radius 1 is 1.29 bits per heavy atom. The molecule has 11 heteroatoms. The molecule has 0 saturated carbocycles. The number of rotatable bonds is 5. The van der Waals surface area contributed by atoms with Crippen LogP contribution in [0, 0.1) is 12.8 Å². The SMILES string of the molecule is Cc1csc(CN2C(=O)C(C(=O)O)C=[N+](c3ccc(N4CCOC4=O)cc3)C2=O)c1Cl. The molecule has 1 atom stereocenters. The van der Waals surface area contributed by atoms with Crippen LogP contribution in [0.25, 0.3) is 0 Å². The van der Waals surface area contributed by atoms with Gasteiger partial charge in [0.2, 0.25) is 5.92 Å². The molecule has 1 aromatic heterocycles. The van der Waals surface area contributed by atoms with Crippen LogP contribution in [0.2, 0.25) is 5.02 Å². The standard InChI is InChI=1S/C20H16ClN3O6S/c1-11-10-31-15(16(11)21)9-24-17(25)14(18(26)27)8-23(19(24)28)13-4-2-12(3-5-13)22-6-7-30-20(22)29/h2-5,8,10,14H,6-7,9H2,1H3/p+1. The van der Waals surface area contributed by atoms with E-state index in [0.717, 1.165) is 21.3 Å². The van der Waals surface area contributed by atoms with Gasteiger partial charge in [-0.1, -0.05) is 11.6 Å². The molecule has 0 radical (unpaired) electrons. The number of hydrogen-bond acceptors (Lipinski definition) is 6. The minimum atomic E-state index is -1.52. The molecule has 1 saturated heterocycles. The molecule has 1 fully saturated rings. The molecular formula is C20H17ClN3O6S+. The number of carbonyl (C=O) groups excluding carboxylic acids is 3. The molecule has 4 rings (SSSR count). The molecule has 2 aliphatic rings. The molecule has 9 nitrogen and oxygen atoms in total. The summed E-state index contributed by atoms with van der Waals surface area (Å²) in [4.78, 5) is 52.2. The van der Waals surface area contributed by atoms with E-state index in [1.165, 1.54) is 16.2 Å². The predicted octanol–water partition coefficient (Wildman–Crippen LogP) is 3.24. The third-order valence-electron chi connectivity index (χ3n) is 5.00. The normalized spacial score (nSPS) is 19.0. The number of aliphatic carboxylic acids is 1. The van der Waals surface area contributed by atoms with Gasteiger partial charge >= 0.3 is 24.0 Å². The number of benzene rings is 1. The second kappa shape index (κ2) is 8.12. The Labute approximate surface area is 185 Å². The van der Waals surface area contributed by atoms with Crippen molar-refractivity contribution in [3.63, 3.8) is 0 Å². The summed E-state index contributed by atoms with van der Waals surface area (Å²) in [7, 11) is 0. The molecule has 1 N–H and O–H groups in total. The molecule has 2 aliphatic heterocycles. The largest absolute Gasteiger partial charge is 0.505 e. The second-order valence-electron chi connectivity index (χ2n) is 6.98. The van der Waals surface area contributed by atoms with E-state index < -0.39 is 29.9 Å². The lowest BCUT2D eigenvalue weighted by Crippen LogP contribution is -2.51. The van der Waals surface area contributed by atoms with E-state index in [-0.39, 0.29) is 6.54 Å². The number of ether oxygens (including phenoxy) is 1. The summed E-state index contributed by atoms with van der Waals surface area (Å²) in [5.41, 5.74) is 1.76. The quantitative estimate of drug-likeness (QED) is 0.540. The van der Waals surface area contributed by atoms with Gasteiger partial charge in [0, 0.05) is 5.69 Å². The molecule has 1 aromatic carbocycles. The Balaban J connectivity index is 1.67. The fraction of sp³-hybridized carbons (Fsp3) is 0.250.